The predicted molar refractivity (Wildman–Crippen MR) is 192 cm³/mol. The van der Waals surface area contributed by atoms with Gasteiger partial charge in [0.1, 0.15) is 17.3 Å². The molecule has 0 amide bonds. The van der Waals surface area contributed by atoms with Crippen molar-refractivity contribution >= 4 is 60.5 Å². The van der Waals surface area contributed by atoms with Crippen molar-refractivity contribution < 1.29 is 17.9 Å². The van der Waals surface area contributed by atoms with Gasteiger partial charge in [-0.05, 0) is 92.4 Å². The Morgan fingerprint density at radius 2 is 1.83 bits per heavy atom. The summed E-state index contributed by atoms with van der Waals surface area (Å²) < 4.78 is 39.0. The first kappa shape index (κ1) is 33.6. The quantitative estimate of drug-likeness (QED) is 0.251. The summed E-state index contributed by atoms with van der Waals surface area (Å²) >= 11 is 3.53. The number of fused-ring (bicyclic) bond motifs is 1. The topological polar surface area (TPSA) is 124 Å². The molecule has 0 spiro atoms. The minimum Gasteiger partial charge on any atom is -0.494 e. The summed E-state index contributed by atoms with van der Waals surface area (Å²) in [6, 6.07) is 9.06. The standard InChI is InChI=1S/C33H45BrN8O4S/c1-21-15-28(31(45-4)18-29(21)41-12-8-23(9-13-41)42-11-6-7-24(20-42)40(2)3)37-33-35-19-25(34)32(38-33)36-26-17-30-22(10-14-46-30)16-27(26)39-47(5,43)44/h15-19,23-24,39H,6-14,20H2,1-5H3,(H2,35,36,37,38). The van der Waals surface area contributed by atoms with Gasteiger partial charge in [-0.25, -0.2) is 13.4 Å². The molecule has 0 saturated carbocycles. The Balaban J connectivity index is 1.17. The Hall–Kier alpha value is -3.33. The minimum atomic E-state index is -3.51. The minimum absolute atomic E-state index is 0.356. The maximum Gasteiger partial charge on any atom is 0.229 e. The van der Waals surface area contributed by atoms with Crippen LogP contribution in [0.2, 0.25) is 0 Å². The Kier molecular flexibility index (Phi) is 10.0. The normalized spacial score (nSPS) is 19.0. The van der Waals surface area contributed by atoms with Gasteiger partial charge >= 0.3 is 0 Å². The third-order valence-corrected chi connectivity index (χ3v) is 10.5. The van der Waals surface area contributed by atoms with E-state index in [1.807, 2.05) is 0 Å². The maximum atomic E-state index is 12.1. The van der Waals surface area contributed by atoms with E-state index in [9.17, 15) is 8.42 Å². The van der Waals surface area contributed by atoms with Crippen molar-refractivity contribution in [1.82, 2.24) is 19.8 Å². The molecule has 1 aromatic heterocycles. The van der Waals surface area contributed by atoms with Crippen molar-refractivity contribution in [3.63, 3.8) is 0 Å². The largest absolute Gasteiger partial charge is 0.494 e. The summed E-state index contributed by atoms with van der Waals surface area (Å²) in [7, 11) is 2.56. The predicted octanol–water partition coefficient (Wildman–Crippen LogP) is 5.34. The number of nitrogens with one attached hydrogen (secondary N) is 3. The van der Waals surface area contributed by atoms with Crippen LogP contribution in [0.5, 0.6) is 11.5 Å². The number of halogens is 1. The van der Waals surface area contributed by atoms with Crippen LogP contribution in [0.4, 0.5) is 34.5 Å². The van der Waals surface area contributed by atoms with E-state index in [0.717, 1.165) is 49.0 Å². The molecule has 0 bridgehead atoms. The molecule has 1 unspecified atom stereocenters. The molecule has 3 aromatic rings. The van der Waals surface area contributed by atoms with Crippen LogP contribution in [-0.2, 0) is 16.4 Å². The van der Waals surface area contributed by atoms with Crippen LogP contribution in [0.1, 0.15) is 36.8 Å². The fourth-order valence-electron chi connectivity index (χ4n) is 6.87. The van der Waals surface area contributed by atoms with Gasteiger partial charge in [-0.2, -0.15) is 4.98 Å². The number of ether oxygens (including phenoxy) is 2. The number of rotatable bonds is 10. The highest BCUT2D eigenvalue weighted by Gasteiger charge is 2.30. The fourth-order valence-corrected chi connectivity index (χ4v) is 7.73. The number of benzene rings is 2. The smallest absolute Gasteiger partial charge is 0.229 e. The zero-order chi connectivity index (χ0) is 33.3. The first-order valence-corrected chi connectivity index (χ1v) is 18.8. The van der Waals surface area contributed by atoms with Gasteiger partial charge in [-0.15, -0.1) is 0 Å². The number of anilines is 6. The number of aryl methyl sites for hydroxylation is 1. The van der Waals surface area contributed by atoms with Crippen LogP contribution < -0.4 is 29.7 Å². The second-order valence-electron chi connectivity index (χ2n) is 12.9. The molecule has 2 saturated heterocycles. The Morgan fingerprint density at radius 1 is 1.04 bits per heavy atom. The summed E-state index contributed by atoms with van der Waals surface area (Å²) in [5, 5.41) is 6.59. The van der Waals surface area contributed by atoms with Crippen molar-refractivity contribution in [1.29, 1.82) is 0 Å². The molecule has 12 nitrogen and oxygen atoms in total. The van der Waals surface area contributed by atoms with Crippen LogP contribution in [0.25, 0.3) is 0 Å². The number of piperidine rings is 2. The number of sulfonamides is 1. The van der Waals surface area contributed by atoms with E-state index in [1.165, 1.54) is 31.6 Å². The van der Waals surface area contributed by atoms with Gasteiger partial charge in [0.05, 0.1) is 41.5 Å². The average Bonchev–Trinajstić information content (AvgIpc) is 3.49. The van der Waals surface area contributed by atoms with Gasteiger partial charge < -0.3 is 29.9 Å². The number of nitrogens with zero attached hydrogens (tertiary/aromatic N) is 5. The molecule has 3 aliphatic rings. The lowest BCUT2D eigenvalue weighted by molar-refractivity contribution is 0.0846. The summed E-state index contributed by atoms with van der Waals surface area (Å²) in [6.45, 7) is 7.08. The van der Waals surface area contributed by atoms with Crippen molar-refractivity contribution in [3.8, 4) is 11.5 Å². The molecule has 2 aromatic carbocycles. The molecule has 4 heterocycles. The lowest BCUT2D eigenvalue weighted by Crippen LogP contribution is -2.52. The zero-order valence-corrected chi connectivity index (χ0v) is 30.2. The molecule has 47 heavy (non-hydrogen) atoms. The molecule has 3 aliphatic heterocycles. The van der Waals surface area contributed by atoms with E-state index < -0.39 is 10.0 Å². The summed E-state index contributed by atoms with van der Waals surface area (Å²) in [5.41, 5.74) is 4.96. The summed E-state index contributed by atoms with van der Waals surface area (Å²) in [6.07, 6.45) is 8.36. The van der Waals surface area contributed by atoms with E-state index in [-0.39, 0.29) is 0 Å². The Bertz CT molecular complexity index is 1720. The lowest BCUT2D eigenvalue weighted by atomic mass is 9.96. The van der Waals surface area contributed by atoms with E-state index >= 15 is 0 Å². The van der Waals surface area contributed by atoms with Gasteiger partial charge in [0.25, 0.3) is 0 Å². The van der Waals surface area contributed by atoms with Gasteiger partial charge in [0.15, 0.2) is 0 Å². The lowest BCUT2D eigenvalue weighted by Gasteiger charge is -2.44. The van der Waals surface area contributed by atoms with Gasteiger partial charge in [0.2, 0.25) is 16.0 Å². The molecule has 14 heteroatoms. The molecule has 0 radical (unpaired) electrons. The van der Waals surface area contributed by atoms with Gasteiger partial charge in [-0.3, -0.25) is 9.62 Å². The summed E-state index contributed by atoms with van der Waals surface area (Å²) in [5.74, 6) is 2.23. The van der Waals surface area contributed by atoms with Crippen LogP contribution in [0.3, 0.4) is 0 Å². The number of hydrogen-bond donors (Lipinski definition) is 3. The van der Waals surface area contributed by atoms with Crippen LogP contribution >= 0.6 is 15.9 Å². The van der Waals surface area contributed by atoms with Gasteiger partial charge in [0, 0.05) is 62.2 Å². The van der Waals surface area contributed by atoms with Crippen LogP contribution in [0.15, 0.2) is 34.9 Å². The summed E-state index contributed by atoms with van der Waals surface area (Å²) in [4.78, 5) is 16.8. The van der Waals surface area contributed by atoms with E-state index in [2.05, 4.69) is 84.1 Å². The van der Waals surface area contributed by atoms with Crippen LogP contribution in [0, 0.1) is 6.92 Å². The third kappa shape index (κ3) is 7.87. The average molecular weight is 730 g/mol. The Morgan fingerprint density at radius 3 is 2.55 bits per heavy atom. The second-order valence-corrected chi connectivity index (χ2v) is 15.5. The molecule has 2 fully saturated rings. The highest BCUT2D eigenvalue weighted by Crippen LogP contribution is 2.39. The number of likely N-dealkylation sites (N-methyl/N-ethyl adjacent to an activating group) is 1. The molecular formula is C33H45BrN8O4S. The van der Waals surface area contributed by atoms with Gasteiger partial charge in [-0.1, -0.05) is 0 Å². The Labute approximate surface area is 286 Å². The number of likely N-dealkylation sites (tertiary alicyclic amines) is 1. The SMILES string of the molecule is COc1cc(N2CCC(N3CCCC(N(C)C)C3)CC2)c(C)cc1Nc1ncc(Br)c(Nc2cc3c(cc2NS(C)(=O)=O)CCO3)n1. The third-order valence-electron chi connectivity index (χ3n) is 9.37. The van der Waals surface area contributed by atoms with Crippen molar-refractivity contribution in [2.75, 3.05) is 80.5 Å². The second kappa shape index (κ2) is 14.0. The number of aromatic nitrogens is 2. The molecule has 254 valence electrons. The monoisotopic (exact) mass is 728 g/mol. The number of methoxy groups -OCH3 is 1. The first-order valence-electron chi connectivity index (χ1n) is 16.2. The molecular weight excluding hydrogens is 684 g/mol. The highest BCUT2D eigenvalue weighted by atomic mass is 79.9. The van der Waals surface area contributed by atoms with E-state index in [4.69, 9.17) is 14.5 Å². The van der Waals surface area contributed by atoms with Crippen LogP contribution in [-0.4, -0.2) is 101 Å². The van der Waals surface area contributed by atoms with E-state index in [0.29, 0.717) is 64.2 Å². The highest BCUT2D eigenvalue weighted by molar-refractivity contribution is 9.10. The molecule has 3 N–H and O–H groups in total. The zero-order valence-electron chi connectivity index (χ0n) is 27.8. The number of hydrogen-bond acceptors (Lipinski definition) is 11. The fraction of sp³-hybridized carbons (Fsp3) is 0.515. The maximum absolute atomic E-state index is 12.1. The molecule has 1 atom stereocenters. The van der Waals surface area contributed by atoms with Crippen molar-refractivity contribution in [2.24, 2.45) is 0 Å². The molecule has 6 rings (SSSR count). The van der Waals surface area contributed by atoms with Crippen molar-refractivity contribution in [2.45, 2.75) is 51.1 Å². The molecule has 0 aliphatic carbocycles. The van der Waals surface area contributed by atoms with Crippen molar-refractivity contribution in [3.05, 3.63) is 46.1 Å². The first-order chi connectivity index (χ1) is 22.5. The van der Waals surface area contributed by atoms with E-state index in [1.54, 1.807) is 25.4 Å².